The lowest BCUT2D eigenvalue weighted by molar-refractivity contribution is -0.144. The molecule has 1 aliphatic rings. The van der Waals surface area contributed by atoms with Crippen LogP contribution in [-0.2, 0) is 25.5 Å². The Hall–Kier alpha value is -2.17. The lowest BCUT2D eigenvalue weighted by Crippen LogP contribution is -2.18. The first-order valence-corrected chi connectivity index (χ1v) is 6.94. The Morgan fingerprint density at radius 3 is 2.43 bits per heavy atom. The van der Waals surface area contributed by atoms with Gasteiger partial charge in [0.05, 0.1) is 12.7 Å². The average molecular weight is 290 g/mol. The van der Waals surface area contributed by atoms with Crippen LogP contribution in [0.25, 0.3) is 0 Å². The zero-order valence-electron chi connectivity index (χ0n) is 12.1. The van der Waals surface area contributed by atoms with Crippen molar-refractivity contribution in [2.45, 2.75) is 32.3 Å². The fraction of sp³-hybridized carbons (Fsp3) is 0.438. The molecule has 112 valence electrons. The van der Waals surface area contributed by atoms with E-state index >= 15 is 0 Å². The van der Waals surface area contributed by atoms with Gasteiger partial charge in [0, 0.05) is 0 Å². The number of hydrogen-bond acceptors (Lipinski definition) is 5. The molecule has 1 saturated heterocycles. The molecule has 0 aromatic heterocycles. The van der Waals surface area contributed by atoms with E-state index in [1.807, 2.05) is 12.1 Å². The van der Waals surface area contributed by atoms with Crippen molar-refractivity contribution < 1.29 is 23.9 Å². The van der Waals surface area contributed by atoms with E-state index in [4.69, 9.17) is 4.74 Å². The predicted octanol–water partition coefficient (Wildman–Crippen LogP) is 1.93. The quantitative estimate of drug-likeness (QED) is 0.612. The van der Waals surface area contributed by atoms with Gasteiger partial charge in [0.25, 0.3) is 0 Å². The van der Waals surface area contributed by atoms with Crippen LogP contribution in [0.5, 0.6) is 0 Å². The van der Waals surface area contributed by atoms with E-state index in [0.29, 0.717) is 12.0 Å². The van der Waals surface area contributed by atoms with Gasteiger partial charge in [0.15, 0.2) is 11.9 Å². The summed E-state index contributed by atoms with van der Waals surface area (Å²) in [4.78, 5) is 34.5. The molecule has 0 bridgehead atoms. The molecule has 0 radical (unpaired) electrons. The summed E-state index contributed by atoms with van der Waals surface area (Å²) in [5.41, 5.74) is 1.55. The van der Waals surface area contributed by atoms with Crippen LogP contribution in [0.15, 0.2) is 24.3 Å². The summed E-state index contributed by atoms with van der Waals surface area (Å²) in [7, 11) is 1.34. The Labute approximate surface area is 123 Å². The van der Waals surface area contributed by atoms with Gasteiger partial charge in [-0.1, -0.05) is 12.1 Å². The molecule has 1 aliphatic heterocycles. The number of methoxy groups -OCH3 is 1. The molecule has 2 rings (SSSR count). The second kappa shape index (κ2) is 6.52. The SMILES string of the molecule is COC(=O)c1ccc(CCCC2C(=O)OC(C)C2=O)cc1. The van der Waals surface area contributed by atoms with Crippen molar-refractivity contribution in [1.82, 2.24) is 0 Å². The molecule has 2 unspecified atom stereocenters. The van der Waals surface area contributed by atoms with E-state index in [0.717, 1.165) is 18.4 Å². The van der Waals surface area contributed by atoms with Crippen molar-refractivity contribution in [2.24, 2.45) is 5.92 Å². The van der Waals surface area contributed by atoms with E-state index < -0.39 is 18.0 Å². The van der Waals surface area contributed by atoms with Crippen LogP contribution in [0.1, 0.15) is 35.7 Å². The summed E-state index contributed by atoms with van der Waals surface area (Å²) in [6.45, 7) is 1.60. The van der Waals surface area contributed by atoms with Gasteiger partial charge in [0.2, 0.25) is 0 Å². The Bertz CT molecular complexity index is 546. The number of carbonyl (C=O) groups excluding carboxylic acids is 3. The topological polar surface area (TPSA) is 69.7 Å². The van der Waals surface area contributed by atoms with Gasteiger partial charge in [-0.2, -0.15) is 0 Å². The van der Waals surface area contributed by atoms with Gasteiger partial charge < -0.3 is 9.47 Å². The van der Waals surface area contributed by atoms with Gasteiger partial charge in [-0.15, -0.1) is 0 Å². The van der Waals surface area contributed by atoms with Crippen molar-refractivity contribution in [3.63, 3.8) is 0 Å². The molecule has 5 nitrogen and oxygen atoms in total. The zero-order chi connectivity index (χ0) is 15.4. The van der Waals surface area contributed by atoms with Crippen molar-refractivity contribution in [1.29, 1.82) is 0 Å². The summed E-state index contributed by atoms with van der Waals surface area (Å²) >= 11 is 0. The molecule has 0 amide bonds. The van der Waals surface area contributed by atoms with Crippen molar-refractivity contribution >= 4 is 17.7 Å². The lowest BCUT2D eigenvalue weighted by atomic mass is 9.95. The number of aryl methyl sites for hydroxylation is 1. The van der Waals surface area contributed by atoms with Crippen molar-refractivity contribution in [2.75, 3.05) is 7.11 Å². The highest BCUT2D eigenvalue weighted by Crippen LogP contribution is 2.22. The van der Waals surface area contributed by atoms with E-state index in [-0.39, 0.29) is 11.8 Å². The molecule has 1 aromatic carbocycles. The Kier molecular flexibility index (Phi) is 4.73. The lowest BCUT2D eigenvalue weighted by Gasteiger charge is -2.05. The van der Waals surface area contributed by atoms with Gasteiger partial charge in [0.1, 0.15) is 5.92 Å². The largest absolute Gasteiger partial charge is 0.465 e. The Balaban J connectivity index is 1.85. The van der Waals surface area contributed by atoms with Crippen LogP contribution >= 0.6 is 0 Å². The maximum atomic E-state index is 11.7. The van der Waals surface area contributed by atoms with Crippen LogP contribution < -0.4 is 0 Å². The number of esters is 2. The number of ketones is 1. The molecule has 0 aliphatic carbocycles. The number of Topliss-reactive ketones (excluding diaryl/α,β-unsaturated/α-hetero) is 1. The summed E-state index contributed by atoms with van der Waals surface area (Å²) in [5.74, 6) is -1.52. The first-order chi connectivity index (χ1) is 10.0. The monoisotopic (exact) mass is 290 g/mol. The van der Waals surface area contributed by atoms with E-state index in [1.165, 1.54) is 7.11 Å². The van der Waals surface area contributed by atoms with E-state index in [1.54, 1.807) is 19.1 Å². The average Bonchev–Trinajstić information content (AvgIpc) is 2.73. The fourth-order valence-corrected chi connectivity index (χ4v) is 2.41. The first-order valence-electron chi connectivity index (χ1n) is 6.94. The Morgan fingerprint density at radius 1 is 1.24 bits per heavy atom. The minimum atomic E-state index is -0.616. The number of carbonyl (C=O) groups is 3. The second-order valence-corrected chi connectivity index (χ2v) is 5.11. The molecule has 2 atom stereocenters. The molecule has 1 fully saturated rings. The molecule has 21 heavy (non-hydrogen) atoms. The van der Waals surface area contributed by atoms with Crippen LogP contribution in [0.4, 0.5) is 0 Å². The molecule has 0 spiro atoms. The standard InChI is InChI=1S/C16H18O5/c1-10-14(17)13(16(19)21-10)5-3-4-11-6-8-12(9-7-11)15(18)20-2/h6-10,13H,3-5H2,1-2H3. The summed E-state index contributed by atoms with van der Waals surface area (Å²) in [5, 5.41) is 0. The molecular weight excluding hydrogens is 272 g/mol. The van der Waals surface area contributed by atoms with Gasteiger partial charge >= 0.3 is 11.9 Å². The third kappa shape index (κ3) is 3.48. The van der Waals surface area contributed by atoms with Crippen LogP contribution in [0.3, 0.4) is 0 Å². The number of cyclic esters (lactones) is 1. The summed E-state index contributed by atoms with van der Waals surface area (Å²) in [6, 6.07) is 7.11. The second-order valence-electron chi connectivity index (χ2n) is 5.11. The third-order valence-electron chi connectivity index (χ3n) is 3.65. The number of ether oxygens (including phenoxy) is 2. The molecular formula is C16H18O5. The predicted molar refractivity (Wildman–Crippen MR) is 74.8 cm³/mol. The highest BCUT2D eigenvalue weighted by Gasteiger charge is 2.40. The van der Waals surface area contributed by atoms with E-state index in [9.17, 15) is 14.4 Å². The maximum absolute atomic E-state index is 11.7. The molecule has 0 N–H and O–H groups in total. The van der Waals surface area contributed by atoms with Gasteiger partial charge in [-0.25, -0.2) is 4.79 Å². The normalized spacial score (nSPS) is 21.2. The van der Waals surface area contributed by atoms with Crippen LogP contribution in [-0.4, -0.2) is 30.9 Å². The number of hydrogen-bond donors (Lipinski definition) is 0. The smallest absolute Gasteiger partial charge is 0.337 e. The summed E-state index contributed by atoms with van der Waals surface area (Å²) < 4.78 is 9.53. The van der Waals surface area contributed by atoms with E-state index in [2.05, 4.69) is 4.74 Å². The van der Waals surface area contributed by atoms with Gasteiger partial charge in [-0.05, 0) is 43.9 Å². The van der Waals surface area contributed by atoms with Crippen molar-refractivity contribution in [3.05, 3.63) is 35.4 Å². The fourth-order valence-electron chi connectivity index (χ4n) is 2.41. The molecule has 0 saturated carbocycles. The van der Waals surface area contributed by atoms with Crippen LogP contribution in [0, 0.1) is 5.92 Å². The highest BCUT2D eigenvalue weighted by atomic mass is 16.6. The molecule has 1 aromatic rings. The molecule has 5 heteroatoms. The Morgan fingerprint density at radius 2 is 1.90 bits per heavy atom. The minimum absolute atomic E-state index is 0.124. The third-order valence-corrected chi connectivity index (χ3v) is 3.65. The maximum Gasteiger partial charge on any atom is 0.337 e. The summed E-state index contributed by atoms with van der Waals surface area (Å²) in [6.07, 6.45) is 1.35. The number of benzene rings is 1. The first kappa shape index (κ1) is 15.2. The minimum Gasteiger partial charge on any atom is -0.465 e. The number of rotatable bonds is 5. The van der Waals surface area contributed by atoms with Gasteiger partial charge in [-0.3, -0.25) is 9.59 Å². The molecule has 1 heterocycles. The van der Waals surface area contributed by atoms with Crippen molar-refractivity contribution in [3.8, 4) is 0 Å². The zero-order valence-corrected chi connectivity index (χ0v) is 12.1. The highest BCUT2D eigenvalue weighted by molar-refractivity contribution is 6.06. The van der Waals surface area contributed by atoms with Crippen LogP contribution in [0.2, 0.25) is 0 Å².